The molecule has 2 N–H and O–H groups in total. The van der Waals surface area contributed by atoms with Crippen molar-refractivity contribution in [3.05, 3.63) is 24.3 Å². The van der Waals surface area contributed by atoms with Crippen LogP contribution in [0, 0.1) is 0 Å². The molecular weight excluding hydrogens is 972 g/mol. The van der Waals surface area contributed by atoms with Crippen molar-refractivity contribution < 1.29 is 32.9 Å². The number of carbonyl (C=O) groups is 1. The molecule has 0 aliphatic carbocycles. The first-order valence-corrected chi connectivity index (χ1v) is 35.7. The molecule has 0 radical (unpaired) electrons. The van der Waals surface area contributed by atoms with E-state index in [4.69, 9.17) is 9.05 Å². The van der Waals surface area contributed by atoms with Crippen LogP contribution in [0.5, 0.6) is 0 Å². The van der Waals surface area contributed by atoms with Crippen LogP contribution in [0.25, 0.3) is 0 Å². The summed E-state index contributed by atoms with van der Waals surface area (Å²) >= 11 is 0. The number of amides is 1. The summed E-state index contributed by atoms with van der Waals surface area (Å²) in [6.45, 7) is 4.69. The lowest BCUT2D eigenvalue weighted by Gasteiger charge is -2.29. The fraction of sp³-hybridized carbons (Fsp3) is 0.926. The second kappa shape index (κ2) is 59.6. The van der Waals surface area contributed by atoms with E-state index in [-0.39, 0.29) is 19.1 Å². The predicted molar refractivity (Wildman–Crippen MR) is 335 cm³/mol. The van der Waals surface area contributed by atoms with Gasteiger partial charge in [0.05, 0.1) is 39.9 Å². The molecule has 0 aromatic rings. The lowest BCUT2D eigenvalue weighted by molar-refractivity contribution is -0.870. The molecule has 8 nitrogen and oxygen atoms in total. The van der Waals surface area contributed by atoms with Gasteiger partial charge in [-0.05, 0) is 32.1 Å². The molecule has 0 fully saturated rings. The van der Waals surface area contributed by atoms with Crippen LogP contribution in [0.1, 0.15) is 354 Å². The van der Waals surface area contributed by atoms with Crippen molar-refractivity contribution in [1.82, 2.24) is 5.32 Å². The van der Waals surface area contributed by atoms with Gasteiger partial charge in [-0.1, -0.05) is 340 Å². The molecular formula is C68H135N2O6P. The Hall–Kier alpha value is -1.02. The standard InChI is InChI=1S/C68H135N2O6P/c1-6-8-10-12-14-16-18-20-22-24-26-28-30-32-34-36-38-40-42-44-46-48-50-52-54-56-58-60-62-68(72)69-66(65-76-77(73,74)75-64-63-70(3,4)5)67(71)61-59-57-55-53-51-49-47-45-43-41-39-37-35-33-31-29-27-25-23-21-19-17-15-13-11-9-7-2/h51,53,59,61,66-67,71H,6-50,52,54-58,60,62-65H2,1-5H3,(H-,69,72,73,74)/b53-51+,61-59+. The molecule has 1 amide bonds. The Morgan fingerprint density at radius 2 is 0.727 bits per heavy atom. The number of nitrogens with one attached hydrogen (secondary N) is 1. The Labute approximate surface area is 481 Å². The summed E-state index contributed by atoms with van der Waals surface area (Å²) < 4.78 is 23.4. The van der Waals surface area contributed by atoms with Crippen LogP contribution in [-0.4, -0.2) is 68.5 Å². The molecule has 3 unspecified atom stereocenters. The molecule has 458 valence electrons. The van der Waals surface area contributed by atoms with Crippen molar-refractivity contribution in [2.24, 2.45) is 0 Å². The second-order valence-electron chi connectivity index (χ2n) is 24.9. The number of hydrogen-bond acceptors (Lipinski definition) is 6. The van der Waals surface area contributed by atoms with E-state index in [1.54, 1.807) is 6.08 Å². The molecule has 0 bridgehead atoms. The molecule has 0 aliphatic heterocycles. The number of nitrogens with zero attached hydrogens (tertiary/aromatic N) is 1. The number of unbranched alkanes of at least 4 members (excludes halogenated alkanes) is 49. The molecule has 0 saturated heterocycles. The lowest BCUT2D eigenvalue weighted by Crippen LogP contribution is -2.45. The van der Waals surface area contributed by atoms with Gasteiger partial charge in [-0.15, -0.1) is 0 Å². The first-order valence-electron chi connectivity index (χ1n) is 34.2. The molecule has 0 rings (SSSR count). The van der Waals surface area contributed by atoms with Gasteiger partial charge in [-0.2, -0.15) is 0 Å². The second-order valence-corrected chi connectivity index (χ2v) is 26.3. The van der Waals surface area contributed by atoms with Crippen LogP contribution in [0.15, 0.2) is 24.3 Å². The molecule has 77 heavy (non-hydrogen) atoms. The highest BCUT2D eigenvalue weighted by atomic mass is 31.2. The predicted octanol–water partition coefficient (Wildman–Crippen LogP) is 20.9. The van der Waals surface area contributed by atoms with Crippen molar-refractivity contribution >= 4 is 13.7 Å². The van der Waals surface area contributed by atoms with Gasteiger partial charge in [0, 0.05) is 6.42 Å². The number of hydrogen-bond donors (Lipinski definition) is 2. The van der Waals surface area contributed by atoms with E-state index in [9.17, 15) is 19.4 Å². The molecule has 0 spiro atoms. The van der Waals surface area contributed by atoms with E-state index in [2.05, 4.69) is 31.3 Å². The Balaban J connectivity index is 4.09. The average Bonchev–Trinajstić information content (AvgIpc) is 3.39. The third-order valence-corrected chi connectivity index (χ3v) is 16.9. The fourth-order valence-electron chi connectivity index (χ4n) is 10.6. The number of phosphoric ester groups is 1. The number of quaternary nitrogens is 1. The number of aliphatic hydroxyl groups excluding tert-OH is 1. The maximum atomic E-state index is 13.0. The van der Waals surface area contributed by atoms with Gasteiger partial charge in [-0.25, -0.2) is 0 Å². The number of aliphatic hydroxyl groups is 1. The van der Waals surface area contributed by atoms with Gasteiger partial charge in [0.2, 0.25) is 5.91 Å². The number of phosphoric acid groups is 1. The summed E-state index contributed by atoms with van der Waals surface area (Å²) in [5.41, 5.74) is 0. The summed E-state index contributed by atoms with van der Waals surface area (Å²) in [4.78, 5) is 25.6. The van der Waals surface area contributed by atoms with Crippen LogP contribution in [-0.2, 0) is 18.4 Å². The van der Waals surface area contributed by atoms with Crippen LogP contribution in [0.4, 0.5) is 0 Å². The van der Waals surface area contributed by atoms with E-state index in [0.717, 1.165) is 38.5 Å². The van der Waals surface area contributed by atoms with Crippen LogP contribution in [0.3, 0.4) is 0 Å². The third-order valence-electron chi connectivity index (χ3n) is 15.9. The van der Waals surface area contributed by atoms with Crippen molar-refractivity contribution in [1.29, 1.82) is 0 Å². The van der Waals surface area contributed by atoms with Gasteiger partial charge < -0.3 is 28.8 Å². The van der Waals surface area contributed by atoms with Crippen LogP contribution < -0.4 is 10.2 Å². The summed E-state index contributed by atoms with van der Waals surface area (Å²) in [7, 11) is 1.26. The minimum Gasteiger partial charge on any atom is -0.756 e. The summed E-state index contributed by atoms with van der Waals surface area (Å²) in [6, 6.07) is -0.901. The minimum absolute atomic E-state index is 0.00343. The Kier molecular flexibility index (Phi) is 58.8. The van der Waals surface area contributed by atoms with Gasteiger partial charge in [0.15, 0.2) is 0 Å². The maximum absolute atomic E-state index is 13.0. The Bertz CT molecular complexity index is 1300. The molecule has 0 aliphatic rings. The first kappa shape index (κ1) is 76.0. The van der Waals surface area contributed by atoms with E-state index in [1.165, 1.54) is 295 Å². The van der Waals surface area contributed by atoms with Crippen molar-refractivity contribution in [3.63, 3.8) is 0 Å². The smallest absolute Gasteiger partial charge is 0.268 e. The van der Waals surface area contributed by atoms with Crippen LogP contribution in [0.2, 0.25) is 0 Å². The summed E-state index contributed by atoms with van der Waals surface area (Å²) in [6.07, 6.45) is 77.3. The zero-order chi connectivity index (χ0) is 56.3. The van der Waals surface area contributed by atoms with Gasteiger partial charge in [0.1, 0.15) is 13.2 Å². The number of likely N-dealkylation sites (N-methyl/N-ethyl adjacent to an activating group) is 1. The molecule has 9 heteroatoms. The topological polar surface area (TPSA) is 108 Å². The average molecular weight is 1110 g/mol. The minimum atomic E-state index is -4.61. The Morgan fingerprint density at radius 3 is 1.05 bits per heavy atom. The largest absolute Gasteiger partial charge is 0.756 e. The summed E-state index contributed by atoms with van der Waals surface area (Å²) in [5, 5.41) is 13.9. The van der Waals surface area contributed by atoms with E-state index in [1.807, 2.05) is 27.2 Å². The fourth-order valence-corrected chi connectivity index (χ4v) is 11.3. The zero-order valence-electron chi connectivity index (χ0n) is 52.4. The normalized spacial score (nSPS) is 13.8. The van der Waals surface area contributed by atoms with Gasteiger partial charge in [-0.3, -0.25) is 9.36 Å². The van der Waals surface area contributed by atoms with Gasteiger partial charge >= 0.3 is 0 Å². The van der Waals surface area contributed by atoms with E-state index >= 15 is 0 Å². The SMILES string of the molecule is CCCCCCCCCCCCCCCCCCCCCCC/C=C/CC/C=C/C(O)C(COP(=O)([O-])OCC[N+](C)(C)C)NC(=O)CCCCCCCCCCCCCCCCCCCCCCCCCCCCCC. The van der Waals surface area contributed by atoms with Crippen LogP contribution >= 0.6 is 7.82 Å². The summed E-state index contributed by atoms with van der Waals surface area (Å²) in [5.74, 6) is -0.198. The third kappa shape index (κ3) is 62.4. The molecule has 0 saturated carbocycles. The lowest BCUT2D eigenvalue weighted by atomic mass is 10.0. The zero-order valence-corrected chi connectivity index (χ0v) is 53.3. The van der Waals surface area contributed by atoms with Crippen molar-refractivity contribution in [3.8, 4) is 0 Å². The van der Waals surface area contributed by atoms with E-state index < -0.39 is 20.0 Å². The first-order chi connectivity index (χ1) is 37.5. The molecule has 0 aromatic carbocycles. The maximum Gasteiger partial charge on any atom is 0.268 e. The van der Waals surface area contributed by atoms with Crippen molar-refractivity contribution in [2.45, 2.75) is 366 Å². The monoisotopic (exact) mass is 1110 g/mol. The van der Waals surface area contributed by atoms with Gasteiger partial charge in [0.25, 0.3) is 7.82 Å². The quantitative estimate of drug-likeness (QED) is 0.0272. The number of carbonyl (C=O) groups excluding carboxylic acids is 1. The van der Waals surface area contributed by atoms with Crippen molar-refractivity contribution in [2.75, 3.05) is 40.9 Å². The van der Waals surface area contributed by atoms with E-state index in [0.29, 0.717) is 17.4 Å². The molecule has 3 atom stereocenters. The number of rotatable bonds is 64. The molecule has 0 heterocycles. The highest BCUT2D eigenvalue weighted by Crippen LogP contribution is 2.38. The number of allylic oxidation sites excluding steroid dienone is 3. The highest BCUT2D eigenvalue weighted by Gasteiger charge is 2.23. The highest BCUT2D eigenvalue weighted by molar-refractivity contribution is 7.45. The molecule has 0 aromatic heterocycles. The Morgan fingerprint density at radius 1 is 0.442 bits per heavy atom.